The summed E-state index contributed by atoms with van der Waals surface area (Å²) < 4.78 is 1.80. The summed E-state index contributed by atoms with van der Waals surface area (Å²) >= 11 is 0. The first-order valence-corrected chi connectivity index (χ1v) is 5.86. The molecule has 2 heterocycles. The van der Waals surface area contributed by atoms with Crippen LogP contribution in [0.1, 0.15) is 44.0 Å². The Morgan fingerprint density at radius 2 is 2.00 bits per heavy atom. The molecule has 4 nitrogen and oxygen atoms in total. The Kier molecular flexibility index (Phi) is 3.24. The number of hydrogen-bond donors (Lipinski definition) is 1. The quantitative estimate of drug-likeness (QED) is 0.881. The zero-order chi connectivity index (χ0) is 12.4. The summed E-state index contributed by atoms with van der Waals surface area (Å²) in [5, 5.41) is 4.52. The van der Waals surface area contributed by atoms with Crippen LogP contribution >= 0.6 is 0 Å². The van der Waals surface area contributed by atoms with Crippen molar-refractivity contribution in [1.29, 1.82) is 0 Å². The first-order valence-electron chi connectivity index (χ1n) is 5.86. The SMILES string of the molecule is CC(C)c1ccn(-c2ncccc2[C@H](C)N)n1. The van der Waals surface area contributed by atoms with Crippen LogP contribution < -0.4 is 5.73 Å². The molecule has 0 aliphatic rings. The molecule has 1 atom stereocenters. The average Bonchev–Trinajstić information content (AvgIpc) is 2.78. The van der Waals surface area contributed by atoms with Gasteiger partial charge in [0.25, 0.3) is 0 Å². The number of rotatable bonds is 3. The molecule has 4 heteroatoms. The van der Waals surface area contributed by atoms with Gasteiger partial charge in [0.1, 0.15) is 0 Å². The Bertz CT molecular complexity index is 500. The second-order valence-corrected chi connectivity index (χ2v) is 4.54. The molecule has 2 rings (SSSR count). The number of aromatic nitrogens is 3. The van der Waals surface area contributed by atoms with Crippen molar-refractivity contribution in [2.75, 3.05) is 0 Å². The highest BCUT2D eigenvalue weighted by atomic mass is 15.3. The normalized spacial score (nSPS) is 13.0. The maximum absolute atomic E-state index is 5.94. The van der Waals surface area contributed by atoms with Crippen molar-refractivity contribution in [3.8, 4) is 5.82 Å². The van der Waals surface area contributed by atoms with E-state index in [2.05, 4.69) is 23.9 Å². The Labute approximate surface area is 101 Å². The van der Waals surface area contributed by atoms with Crippen LogP contribution in [-0.4, -0.2) is 14.8 Å². The number of nitrogens with zero attached hydrogens (tertiary/aromatic N) is 3. The molecule has 0 unspecified atom stereocenters. The predicted molar refractivity (Wildman–Crippen MR) is 68.1 cm³/mol. The summed E-state index contributed by atoms with van der Waals surface area (Å²) in [5.74, 6) is 1.23. The summed E-state index contributed by atoms with van der Waals surface area (Å²) in [7, 11) is 0. The highest BCUT2D eigenvalue weighted by molar-refractivity contribution is 5.35. The lowest BCUT2D eigenvalue weighted by Crippen LogP contribution is -2.11. The molecule has 90 valence electrons. The summed E-state index contributed by atoms with van der Waals surface area (Å²) in [5.41, 5.74) is 8.00. The third-order valence-electron chi connectivity index (χ3n) is 2.73. The largest absolute Gasteiger partial charge is 0.324 e. The van der Waals surface area contributed by atoms with Gasteiger partial charge in [-0.05, 0) is 25.0 Å². The Morgan fingerprint density at radius 1 is 1.24 bits per heavy atom. The van der Waals surface area contributed by atoms with Crippen LogP contribution in [0, 0.1) is 0 Å². The van der Waals surface area contributed by atoms with Gasteiger partial charge in [-0.15, -0.1) is 0 Å². The van der Waals surface area contributed by atoms with Gasteiger partial charge in [-0.1, -0.05) is 19.9 Å². The van der Waals surface area contributed by atoms with Gasteiger partial charge in [0.05, 0.1) is 5.69 Å². The molecule has 0 saturated heterocycles. The third-order valence-corrected chi connectivity index (χ3v) is 2.73. The minimum Gasteiger partial charge on any atom is -0.324 e. The fourth-order valence-corrected chi connectivity index (χ4v) is 1.72. The number of nitrogens with two attached hydrogens (primary N) is 1. The van der Waals surface area contributed by atoms with Crippen molar-refractivity contribution in [2.24, 2.45) is 5.73 Å². The molecule has 2 aromatic rings. The summed E-state index contributed by atoms with van der Waals surface area (Å²) in [6.45, 7) is 6.20. The maximum atomic E-state index is 5.94. The van der Waals surface area contributed by atoms with E-state index in [0.29, 0.717) is 5.92 Å². The minimum absolute atomic E-state index is 0.0506. The van der Waals surface area contributed by atoms with E-state index < -0.39 is 0 Å². The fourth-order valence-electron chi connectivity index (χ4n) is 1.72. The lowest BCUT2D eigenvalue weighted by molar-refractivity contribution is 0.730. The zero-order valence-corrected chi connectivity index (χ0v) is 10.5. The van der Waals surface area contributed by atoms with Crippen molar-refractivity contribution in [1.82, 2.24) is 14.8 Å². The molecule has 0 fully saturated rings. The second kappa shape index (κ2) is 4.67. The van der Waals surface area contributed by atoms with Gasteiger partial charge in [0, 0.05) is 24.0 Å². The summed E-state index contributed by atoms with van der Waals surface area (Å²) in [6, 6.07) is 5.86. The smallest absolute Gasteiger partial charge is 0.158 e. The average molecular weight is 230 g/mol. The highest BCUT2D eigenvalue weighted by Gasteiger charge is 2.11. The van der Waals surface area contributed by atoms with Gasteiger partial charge < -0.3 is 5.73 Å². The van der Waals surface area contributed by atoms with E-state index in [1.165, 1.54) is 0 Å². The molecule has 0 aromatic carbocycles. The molecule has 17 heavy (non-hydrogen) atoms. The van der Waals surface area contributed by atoms with Crippen LogP contribution in [0.15, 0.2) is 30.6 Å². The van der Waals surface area contributed by atoms with Gasteiger partial charge >= 0.3 is 0 Å². The zero-order valence-electron chi connectivity index (χ0n) is 10.5. The predicted octanol–water partition coefficient (Wildman–Crippen LogP) is 2.41. The van der Waals surface area contributed by atoms with E-state index in [1.807, 2.05) is 31.3 Å². The van der Waals surface area contributed by atoms with Crippen LogP contribution in [0.3, 0.4) is 0 Å². The lowest BCUT2D eigenvalue weighted by atomic mass is 10.1. The van der Waals surface area contributed by atoms with Crippen LogP contribution in [0.25, 0.3) is 5.82 Å². The third kappa shape index (κ3) is 2.36. The molecule has 0 amide bonds. The second-order valence-electron chi connectivity index (χ2n) is 4.54. The van der Waals surface area contributed by atoms with Gasteiger partial charge in [-0.25, -0.2) is 9.67 Å². The molecule has 0 radical (unpaired) electrons. The topological polar surface area (TPSA) is 56.7 Å². The summed E-state index contributed by atoms with van der Waals surface area (Å²) in [4.78, 5) is 4.36. The van der Waals surface area contributed by atoms with Crippen molar-refractivity contribution in [2.45, 2.75) is 32.7 Å². The van der Waals surface area contributed by atoms with E-state index in [4.69, 9.17) is 5.73 Å². The van der Waals surface area contributed by atoms with Crippen LogP contribution in [-0.2, 0) is 0 Å². The Balaban J connectivity index is 2.45. The monoisotopic (exact) mass is 230 g/mol. The van der Waals surface area contributed by atoms with E-state index in [0.717, 1.165) is 17.1 Å². The molecular formula is C13H18N4. The Morgan fingerprint density at radius 3 is 2.59 bits per heavy atom. The van der Waals surface area contributed by atoms with E-state index in [-0.39, 0.29) is 6.04 Å². The molecule has 0 saturated carbocycles. The molecule has 0 bridgehead atoms. The minimum atomic E-state index is -0.0506. The van der Waals surface area contributed by atoms with E-state index >= 15 is 0 Å². The van der Waals surface area contributed by atoms with Crippen molar-refractivity contribution < 1.29 is 0 Å². The molecule has 0 aliphatic carbocycles. The van der Waals surface area contributed by atoms with Crippen LogP contribution in [0.4, 0.5) is 0 Å². The van der Waals surface area contributed by atoms with Gasteiger partial charge in [-0.3, -0.25) is 0 Å². The lowest BCUT2D eigenvalue weighted by Gasteiger charge is -2.11. The molecule has 0 aliphatic heterocycles. The maximum Gasteiger partial charge on any atom is 0.158 e. The van der Waals surface area contributed by atoms with Gasteiger partial charge in [0.2, 0.25) is 0 Å². The van der Waals surface area contributed by atoms with Gasteiger partial charge in [-0.2, -0.15) is 5.10 Å². The molecular weight excluding hydrogens is 212 g/mol. The fraction of sp³-hybridized carbons (Fsp3) is 0.385. The number of pyridine rings is 1. The molecule has 0 spiro atoms. The van der Waals surface area contributed by atoms with E-state index in [1.54, 1.807) is 10.9 Å². The highest BCUT2D eigenvalue weighted by Crippen LogP contribution is 2.18. The van der Waals surface area contributed by atoms with Crippen molar-refractivity contribution >= 4 is 0 Å². The van der Waals surface area contributed by atoms with Crippen LogP contribution in [0.5, 0.6) is 0 Å². The van der Waals surface area contributed by atoms with Gasteiger partial charge in [0.15, 0.2) is 5.82 Å². The number of hydrogen-bond acceptors (Lipinski definition) is 3. The summed E-state index contributed by atoms with van der Waals surface area (Å²) in [6.07, 6.45) is 3.70. The van der Waals surface area contributed by atoms with Crippen molar-refractivity contribution in [3.05, 3.63) is 41.9 Å². The molecule has 2 N–H and O–H groups in total. The van der Waals surface area contributed by atoms with Crippen LogP contribution in [0.2, 0.25) is 0 Å². The van der Waals surface area contributed by atoms with E-state index in [9.17, 15) is 0 Å². The first kappa shape index (κ1) is 11.8. The van der Waals surface area contributed by atoms with Crippen molar-refractivity contribution in [3.63, 3.8) is 0 Å². The first-order chi connectivity index (χ1) is 8.09. The molecule has 2 aromatic heterocycles. The Hall–Kier alpha value is -1.68. The standard InChI is InChI=1S/C13H18N4/c1-9(2)12-6-8-17(16-12)13-11(10(3)14)5-4-7-15-13/h4-10H,14H2,1-3H3/t10-/m0/s1.